The van der Waals surface area contributed by atoms with Crippen LogP contribution in [0.2, 0.25) is 0 Å². The van der Waals surface area contributed by atoms with Crippen molar-refractivity contribution in [2.45, 2.75) is 39.3 Å². The van der Waals surface area contributed by atoms with Gasteiger partial charge in [0.2, 0.25) is 0 Å². The highest BCUT2D eigenvalue weighted by Crippen LogP contribution is 2.16. The average Bonchev–Trinajstić information content (AvgIpc) is 1.98. The fourth-order valence-corrected chi connectivity index (χ4v) is 1.66. The number of hydrogen-bond acceptors (Lipinski definition) is 2. The Hall–Kier alpha value is -0.340. The minimum atomic E-state index is 0.213. The van der Waals surface area contributed by atoms with E-state index < -0.39 is 0 Å². The first-order valence-electron chi connectivity index (χ1n) is 4.95. The monoisotopic (exact) mass is 184 g/mol. The van der Waals surface area contributed by atoms with E-state index in [1.54, 1.807) is 0 Å². The van der Waals surface area contributed by atoms with Gasteiger partial charge in [0.15, 0.2) is 0 Å². The van der Waals surface area contributed by atoms with E-state index in [1.807, 2.05) is 13.1 Å². The molecule has 2 heteroatoms. The van der Waals surface area contributed by atoms with Crippen molar-refractivity contribution >= 4 is 0 Å². The fraction of sp³-hybridized carbons (Fsp3) is 0.818. The molecule has 0 bridgehead atoms. The number of rotatable bonds is 5. The molecule has 13 heavy (non-hydrogen) atoms. The van der Waals surface area contributed by atoms with Crippen molar-refractivity contribution in [3.63, 3.8) is 0 Å². The largest absolute Gasteiger partial charge is 0.318 e. The third-order valence-corrected chi connectivity index (χ3v) is 2.22. The van der Waals surface area contributed by atoms with E-state index in [4.69, 9.17) is 0 Å². The Kier molecular flexibility index (Phi) is 5.26. The molecule has 0 aromatic carbocycles. The molecule has 0 rings (SSSR count). The molecule has 0 radical (unpaired) electrons. The highest BCUT2D eigenvalue weighted by Gasteiger charge is 2.24. The van der Waals surface area contributed by atoms with Gasteiger partial charge in [0.1, 0.15) is 0 Å². The second-order valence-corrected chi connectivity index (χ2v) is 4.52. The van der Waals surface area contributed by atoms with Crippen LogP contribution in [0, 0.1) is 0 Å². The van der Waals surface area contributed by atoms with Crippen LogP contribution in [-0.2, 0) is 0 Å². The van der Waals surface area contributed by atoms with Gasteiger partial charge < -0.3 is 5.32 Å². The van der Waals surface area contributed by atoms with Gasteiger partial charge in [0.25, 0.3) is 0 Å². The highest BCUT2D eigenvalue weighted by atomic mass is 15.2. The Morgan fingerprint density at radius 3 is 2.31 bits per heavy atom. The summed E-state index contributed by atoms with van der Waals surface area (Å²) < 4.78 is 0. The molecule has 0 amide bonds. The Labute approximate surface area is 83.0 Å². The smallest absolute Gasteiger partial charge is 0.0200 e. The molecule has 1 atom stereocenters. The molecule has 0 aromatic heterocycles. The zero-order valence-corrected chi connectivity index (χ0v) is 9.72. The van der Waals surface area contributed by atoms with Crippen molar-refractivity contribution in [3.05, 3.63) is 12.7 Å². The first kappa shape index (κ1) is 12.7. The van der Waals surface area contributed by atoms with E-state index >= 15 is 0 Å². The summed E-state index contributed by atoms with van der Waals surface area (Å²) in [6.07, 6.45) is 1.97. The summed E-state index contributed by atoms with van der Waals surface area (Å²) in [7, 11) is 1.99. The van der Waals surface area contributed by atoms with E-state index in [0.29, 0.717) is 6.04 Å². The SMILES string of the molecule is C=CCN(C(C)CNC)C(C)(C)C. The molecule has 0 heterocycles. The average molecular weight is 184 g/mol. The topological polar surface area (TPSA) is 15.3 Å². The zero-order valence-electron chi connectivity index (χ0n) is 9.72. The van der Waals surface area contributed by atoms with Crippen molar-refractivity contribution in [3.8, 4) is 0 Å². The van der Waals surface area contributed by atoms with Gasteiger partial charge in [-0.05, 0) is 34.7 Å². The molecular weight excluding hydrogens is 160 g/mol. The standard InChI is InChI=1S/C11H24N2/c1-7-8-13(11(3,4)5)10(2)9-12-6/h7,10,12H,1,8-9H2,2-6H3. The molecule has 0 fully saturated rings. The lowest BCUT2D eigenvalue weighted by Crippen LogP contribution is -2.50. The first-order chi connectivity index (χ1) is 5.93. The molecule has 0 aliphatic heterocycles. The molecule has 0 spiro atoms. The summed E-state index contributed by atoms with van der Waals surface area (Å²) in [5, 5.41) is 3.20. The van der Waals surface area contributed by atoms with E-state index in [2.05, 4.69) is 44.5 Å². The predicted octanol–water partition coefficient (Wildman–Crippen LogP) is 1.88. The number of nitrogens with zero attached hydrogens (tertiary/aromatic N) is 1. The molecule has 1 unspecified atom stereocenters. The molecule has 0 aliphatic rings. The molecule has 0 aliphatic carbocycles. The van der Waals surface area contributed by atoms with E-state index in [0.717, 1.165) is 13.1 Å². The fourth-order valence-electron chi connectivity index (χ4n) is 1.66. The quantitative estimate of drug-likeness (QED) is 0.656. The van der Waals surface area contributed by atoms with Gasteiger partial charge in [0.05, 0.1) is 0 Å². The molecule has 0 saturated carbocycles. The molecule has 78 valence electrons. The molecule has 1 N–H and O–H groups in total. The van der Waals surface area contributed by atoms with Crippen LogP contribution in [0.15, 0.2) is 12.7 Å². The Balaban J connectivity index is 4.31. The molecule has 0 saturated heterocycles. The van der Waals surface area contributed by atoms with Gasteiger partial charge in [-0.3, -0.25) is 4.90 Å². The zero-order chi connectivity index (χ0) is 10.5. The van der Waals surface area contributed by atoms with Gasteiger partial charge in [-0.15, -0.1) is 6.58 Å². The lowest BCUT2D eigenvalue weighted by atomic mass is 10.0. The van der Waals surface area contributed by atoms with Gasteiger partial charge in [-0.25, -0.2) is 0 Å². The first-order valence-corrected chi connectivity index (χ1v) is 4.95. The van der Waals surface area contributed by atoms with Crippen LogP contribution < -0.4 is 5.32 Å². The van der Waals surface area contributed by atoms with Crippen LogP contribution in [0.1, 0.15) is 27.7 Å². The third-order valence-electron chi connectivity index (χ3n) is 2.22. The molecule has 0 aromatic rings. The van der Waals surface area contributed by atoms with E-state index in [9.17, 15) is 0 Å². The normalized spacial score (nSPS) is 14.6. The summed E-state index contributed by atoms with van der Waals surface area (Å²) >= 11 is 0. The minimum Gasteiger partial charge on any atom is -0.318 e. The van der Waals surface area contributed by atoms with Crippen LogP contribution in [0.3, 0.4) is 0 Å². The third kappa shape index (κ3) is 4.44. The summed E-state index contributed by atoms with van der Waals surface area (Å²) in [4.78, 5) is 2.44. The summed E-state index contributed by atoms with van der Waals surface area (Å²) in [6.45, 7) is 14.7. The van der Waals surface area contributed by atoms with Gasteiger partial charge >= 0.3 is 0 Å². The van der Waals surface area contributed by atoms with Gasteiger partial charge in [-0.2, -0.15) is 0 Å². The maximum Gasteiger partial charge on any atom is 0.0200 e. The lowest BCUT2D eigenvalue weighted by Gasteiger charge is -2.39. The summed E-state index contributed by atoms with van der Waals surface area (Å²) in [5.74, 6) is 0. The Morgan fingerprint density at radius 2 is 2.00 bits per heavy atom. The molecular formula is C11H24N2. The van der Waals surface area contributed by atoms with Crippen molar-refractivity contribution in [2.24, 2.45) is 0 Å². The summed E-state index contributed by atoms with van der Waals surface area (Å²) in [6, 6.07) is 0.544. The van der Waals surface area contributed by atoms with Crippen molar-refractivity contribution in [1.29, 1.82) is 0 Å². The van der Waals surface area contributed by atoms with Gasteiger partial charge in [-0.1, -0.05) is 6.08 Å². The highest BCUT2D eigenvalue weighted by molar-refractivity contribution is 4.86. The van der Waals surface area contributed by atoms with Crippen molar-refractivity contribution < 1.29 is 0 Å². The second kappa shape index (κ2) is 5.40. The molecule has 2 nitrogen and oxygen atoms in total. The van der Waals surface area contributed by atoms with Crippen LogP contribution >= 0.6 is 0 Å². The number of nitrogens with one attached hydrogen (secondary N) is 1. The maximum absolute atomic E-state index is 3.79. The van der Waals surface area contributed by atoms with Crippen LogP contribution in [-0.4, -0.2) is 36.6 Å². The van der Waals surface area contributed by atoms with Crippen LogP contribution in [0.4, 0.5) is 0 Å². The number of likely N-dealkylation sites (N-methyl/N-ethyl adjacent to an activating group) is 1. The Morgan fingerprint density at radius 1 is 1.46 bits per heavy atom. The van der Waals surface area contributed by atoms with E-state index in [1.165, 1.54) is 0 Å². The lowest BCUT2D eigenvalue weighted by molar-refractivity contribution is 0.106. The number of hydrogen-bond donors (Lipinski definition) is 1. The second-order valence-electron chi connectivity index (χ2n) is 4.52. The Bertz CT molecular complexity index is 147. The van der Waals surface area contributed by atoms with Crippen molar-refractivity contribution in [1.82, 2.24) is 10.2 Å². The maximum atomic E-state index is 3.79. The van der Waals surface area contributed by atoms with Crippen LogP contribution in [0.5, 0.6) is 0 Å². The van der Waals surface area contributed by atoms with Crippen LogP contribution in [0.25, 0.3) is 0 Å². The predicted molar refractivity (Wildman–Crippen MR) is 60.0 cm³/mol. The van der Waals surface area contributed by atoms with Crippen molar-refractivity contribution in [2.75, 3.05) is 20.1 Å². The minimum absolute atomic E-state index is 0.213. The summed E-state index contributed by atoms with van der Waals surface area (Å²) in [5.41, 5.74) is 0.213. The van der Waals surface area contributed by atoms with E-state index in [-0.39, 0.29) is 5.54 Å². The van der Waals surface area contributed by atoms with Gasteiger partial charge in [0, 0.05) is 24.7 Å².